The quantitative estimate of drug-likeness (QED) is 0.817. The van der Waals surface area contributed by atoms with Crippen molar-refractivity contribution in [3.8, 4) is 0 Å². The van der Waals surface area contributed by atoms with Crippen LogP contribution in [0.15, 0.2) is 24.5 Å². The third-order valence-electron chi connectivity index (χ3n) is 3.47. The lowest BCUT2D eigenvalue weighted by atomic mass is 10.2. The van der Waals surface area contributed by atoms with Gasteiger partial charge in [0.05, 0.1) is 12.7 Å². The highest BCUT2D eigenvalue weighted by Crippen LogP contribution is 2.19. The van der Waals surface area contributed by atoms with E-state index in [1.807, 2.05) is 24.5 Å². The van der Waals surface area contributed by atoms with Crippen LogP contribution in [0.1, 0.15) is 12.0 Å². The molecule has 1 aromatic rings. The predicted molar refractivity (Wildman–Crippen MR) is 65.8 cm³/mol. The summed E-state index contributed by atoms with van der Waals surface area (Å²) in [5.41, 5.74) is 1.29. The molecule has 2 heterocycles. The van der Waals surface area contributed by atoms with Crippen molar-refractivity contribution in [2.45, 2.75) is 25.0 Å². The Hall–Kier alpha value is -0.970. The Morgan fingerprint density at radius 3 is 2.88 bits per heavy atom. The fourth-order valence-corrected chi connectivity index (χ4v) is 2.39. The molecule has 0 aliphatic carbocycles. The summed E-state index contributed by atoms with van der Waals surface area (Å²) in [6.45, 7) is 2.11. The molecule has 0 unspecified atom stereocenters. The van der Waals surface area contributed by atoms with Crippen LogP contribution in [0, 0.1) is 0 Å². The Bertz CT molecular complexity index is 331. The van der Waals surface area contributed by atoms with Gasteiger partial charge >= 0.3 is 0 Å². The highest BCUT2D eigenvalue weighted by atomic mass is 16.5. The van der Waals surface area contributed by atoms with Crippen molar-refractivity contribution in [3.63, 3.8) is 0 Å². The number of ether oxygens (including phenoxy) is 1. The Morgan fingerprint density at radius 2 is 2.24 bits per heavy atom. The monoisotopic (exact) mass is 236 g/mol. The van der Waals surface area contributed by atoms with Crippen LogP contribution in [0.3, 0.4) is 0 Å². The molecule has 94 valence electrons. The molecule has 0 bridgehead atoms. The van der Waals surface area contributed by atoms with Gasteiger partial charge in [-0.05, 0) is 30.5 Å². The van der Waals surface area contributed by atoms with Crippen molar-refractivity contribution < 1.29 is 9.84 Å². The van der Waals surface area contributed by atoms with Gasteiger partial charge in [0, 0.05) is 38.6 Å². The molecule has 0 amide bonds. The first-order chi connectivity index (χ1) is 8.33. The number of likely N-dealkylation sites (tertiary alicyclic amines) is 1. The van der Waals surface area contributed by atoms with Crippen LogP contribution in [-0.2, 0) is 11.2 Å². The van der Waals surface area contributed by atoms with Gasteiger partial charge in [0.25, 0.3) is 0 Å². The number of aliphatic hydroxyl groups excluding tert-OH is 1. The van der Waals surface area contributed by atoms with Crippen LogP contribution in [0.4, 0.5) is 0 Å². The fourth-order valence-electron chi connectivity index (χ4n) is 2.39. The van der Waals surface area contributed by atoms with E-state index in [0.717, 1.165) is 25.9 Å². The zero-order valence-electron chi connectivity index (χ0n) is 10.2. The molecule has 17 heavy (non-hydrogen) atoms. The maximum atomic E-state index is 9.34. The van der Waals surface area contributed by atoms with Crippen molar-refractivity contribution in [3.05, 3.63) is 30.1 Å². The number of aromatic nitrogens is 1. The topological polar surface area (TPSA) is 45.6 Å². The summed E-state index contributed by atoms with van der Waals surface area (Å²) in [4.78, 5) is 6.32. The van der Waals surface area contributed by atoms with E-state index in [-0.39, 0.29) is 18.8 Å². The summed E-state index contributed by atoms with van der Waals surface area (Å²) in [6, 6.07) is 4.33. The summed E-state index contributed by atoms with van der Waals surface area (Å²) in [5, 5.41) is 9.34. The summed E-state index contributed by atoms with van der Waals surface area (Å²) in [5.74, 6) is 0. The molecule has 4 heteroatoms. The third kappa shape index (κ3) is 3.25. The fraction of sp³-hybridized carbons (Fsp3) is 0.615. The summed E-state index contributed by atoms with van der Waals surface area (Å²) < 4.78 is 5.36. The molecule has 1 saturated heterocycles. The van der Waals surface area contributed by atoms with Crippen molar-refractivity contribution in [1.29, 1.82) is 0 Å². The third-order valence-corrected chi connectivity index (χ3v) is 3.47. The van der Waals surface area contributed by atoms with Gasteiger partial charge in [-0.3, -0.25) is 9.88 Å². The van der Waals surface area contributed by atoms with Crippen LogP contribution in [-0.4, -0.2) is 53.9 Å². The zero-order chi connectivity index (χ0) is 12.1. The van der Waals surface area contributed by atoms with E-state index in [2.05, 4.69) is 9.88 Å². The van der Waals surface area contributed by atoms with E-state index in [0.29, 0.717) is 0 Å². The highest BCUT2D eigenvalue weighted by molar-refractivity contribution is 5.10. The second-order valence-corrected chi connectivity index (χ2v) is 4.53. The van der Waals surface area contributed by atoms with Gasteiger partial charge in [-0.15, -0.1) is 0 Å². The lowest BCUT2D eigenvalue weighted by Crippen LogP contribution is -2.34. The van der Waals surface area contributed by atoms with Gasteiger partial charge in [0.15, 0.2) is 0 Å². The first kappa shape index (κ1) is 12.5. The van der Waals surface area contributed by atoms with Gasteiger partial charge in [0.1, 0.15) is 0 Å². The normalized spacial score (nSPS) is 25.3. The highest BCUT2D eigenvalue weighted by Gasteiger charge is 2.30. The van der Waals surface area contributed by atoms with Crippen LogP contribution in [0.25, 0.3) is 0 Å². The van der Waals surface area contributed by atoms with Crippen molar-refractivity contribution in [2.24, 2.45) is 0 Å². The van der Waals surface area contributed by atoms with E-state index in [1.165, 1.54) is 5.56 Å². The number of rotatable bonds is 5. The van der Waals surface area contributed by atoms with Crippen LogP contribution >= 0.6 is 0 Å². The molecular weight excluding hydrogens is 216 g/mol. The number of hydrogen-bond acceptors (Lipinski definition) is 4. The number of methoxy groups -OCH3 is 1. The molecule has 1 aliphatic rings. The van der Waals surface area contributed by atoms with Crippen molar-refractivity contribution >= 4 is 0 Å². The average Bonchev–Trinajstić information content (AvgIpc) is 2.80. The van der Waals surface area contributed by atoms with E-state index in [9.17, 15) is 5.11 Å². The second-order valence-electron chi connectivity index (χ2n) is 4.53. The molecular formula is C13H20N2O2. The van der Waals surface area contributed by atoms with Gasteiger partial charge in [-0.2, -0.15) is 0 Å². The first-order valence-corrected chi connectivity index (χ1v) is 6.10. The predicted octanol–water partition coefficient (Wildman–Crippen LogP) is 0.706. The molecule has 4 nitrogen and oxygen atoms in total. The van der Waals surface area contributed by atoms with E-state index in [4.69, 9.17) is 4.74 Å². The summed E-state index contributed by atoms with van der Waals surface area (Å²) in [6.07, 6.45) is 5.84. The molecule has 1 N–H and O–H groups in total. The van der Waals surface area contributed by atoms with Gasteiger partial charge < -0.3 is 9.84 Å². The number of pyridine rings is 1. The number of nitrogens with zero attached hydrogens (tertiary/aromatic N) is 2. The molecule has 1 fully saturated rings. The molecule has 0 saturated carbocycles. The lowest BCUT2D eigenvalue weighted by Gasteiger charge is -2.22. The van der Waals surface area contributed by atoms with E-state index >= 15 is 0 Å². The maximum absolute atomic E-state index is 9.34. The molecule has 0 radical (unpaired) electrons. The molecule has 1 aliphatic heterocycles. The SMILES string of the molecule is CO[C@@H]1C[C@@H](CO)N(CCc2ccncc2)C1. The lowest BCUT2D eigenvalue weighted by molar-refractivity contribution is 0.108. The molecule has 0 aromatic carbocycles. The molecule has 2 rings (SSSR count). The van der Waals surface area contributed by atoms with Crippen molar-refractivity contribution in [1.82, 2.24) is 9.88 Å². The second kappa shape index (κ2) is 6.10. The molecule has 0 spiro atoms. The standard InChI is InChI=1S/C13H20N2O2/c1-17-13-8-12(10-16)15(9-13)7-4-11-2-5-14-6-3-11/h2-3,5-6,12-13,16H,4,7-10H2,1H3/t12-,13+/m0/s1. The zero-order valence-corrected chi connectivity index (χ0v) is 10.2. The molecule has 1 aromatic heterocycles. The minimum atomic E-state index is 0.218. The minimum Gasteiger partial charge on any atom is -0.395 e. The van der Waals surface area contributed by atoms with Crippen LogP contribution in [0.2, 0.25) is 0 Å². The van der Waals surface area contributed by atoms with E-state index < -0.39 is 0 Å². The maximum Gasteiger partial charge on any atom is 0.0714 e. The van der Waals surface area contributed by atoms with Crippen LogP contribution < -0.4 is 0 Å². The van der Waals surface area contributed by atoms with Crippen molar-refractivity contribution in [2.75, 3.05) is 26.8 Å². The van der Waals surface area contributed by atoms with E-state index in [1.54, 1.807) is 7.11 Å². The van der Waals surface area contributed by atoms with Crippen LogP contribution in [0.5, 0.6) is 0 Å². The largest absolute Gasteiger partial charge is 0.395 e. The number of aliphatic hydroxyl groups is 1. The Labute approximate surface area is 102 Å². The van der Waals surface area contributed by atoms with Gasteiger partial charge in [-0.25, -0.2) is 0 Å². The summed E-state index contributed by atoms with van der Waals surface area (Å²) >= 11 is 0. The van der Waals surface area contributed by atoms with Gasteiger partial charge in [0.2, 0.25) is 0 Å². The number of hydrogen-bond donors (Lipinski definition) is 1. The molecule has 2 atom stereocenters. The Balaban J connectivity index is 1.86. The average molecular weight is 236 g/mol. The summed E-state index contributed by atoms with van der Waals surface area (Å²) in [7, 11) is 1.74. The first-order valence-electron chi connectivity index (χ1n) is 6.10. The Kier molecular flexibility index (Phi) is 4.48. The minimum absolute atomic E-state index is 0.218. The van der Waals surface area contributed by atoms with Gasteiger partial charge in [-0.1, -0.05) is 0 Å². The smallest absolute Gasteiger partial charge is 0.0714 e. The Morgan fingerprint density at radius 1 is 1.47 bits per heavy atom.